The first-order valence-electron chi connectivity index (χ1n) is 10.6. The number of hydrogen-bond donors (Lipinski definition) is 1. The summed E-state index contributed by atoms with van der Waals surface area (Å²) in [7, 11) is 3.51. The second kappa shape index (κ2) is 8.40. The Bertz CT molecular complexity index is 1390. The van der Waals surface area contributed by atoms with Crippen molar-refractivity contribution in [3.8, 4) is 11.5 Å². The van der Waals surface area contributed by atoms with E-state index >= 15 is 0 Å². The molecule has 7 nitrogen and oxygen atoms in total. The normalized spacial score (nSPS) is 16.0. The minimum absolute atomic E-state index is 0.00966. The Kier molecular flexibility index (Phi) is 5.55. The lowest BCUT2D eigenvalue weighted by atomic mass is 10.1. The molecule has 0 saturated carbocycles. The number of aliphatic hydroxyl groups excluding tert-OH is 1. The van der Waals surface area contributed by atoms with Crippen molar-refractivity contribution < 1.29 is 19.4 Å². The summed E-state index contributed by atoms with van der Waals surface area (Å²) in [6.07, 6.45) is 1.82. The van der Waals surface area contributed by atoms with Gasteiger partial charge in [-0.2, -0.15) is 0 Å². The standard InChI is InChI=1S/C24H23N3O4S2/c1-13-21(24(30)26(2)3)16-5-4-15(10-19(16)32-13)31-18-6-8-25-17-11-20(33-22(17)18)23(29)27-9-7-14(28)12-27/h4-6,8,10-11,14,28H,7,9,12H2,1-3H3/t14-/m1/s1. The highest BCUT2D eigenvalue weighted by Gasteiger charge is 2.27. The quantitative estimate of drug-likeness (QED) is 0.463. The molecule has 3 aromatic heterocycles. The average molecular weight is 482 g/mol. The highest BCUT2D eigenvalue weighted by Crippen LogP contribution is 2.38. The van der Waals surface area contributed by atoms with Crippen LogP contribution in [0.3, 0.4) is 0 Å². The molecule has 5 rings (SSSR count). The first-order valence-corrected chi connectivity index (χ1v) is 12.2. The van der Waals surface area contributed by atoms with Crippen LogP contribution < -0.4 is 4.74 Å². The molecule has 1 aliphatic rings. The lowest BCUT2D eigenvalue weighted by molar-refractivity contribution is 0.0769. The molecule has 1 saturated heterocycles. The summed E-state index contributed by atoms with van der Waals surface area (Å²) < 4.78 is 7.99. The highest BCUT2D eigenvalue weighted by molar-refractivity contribution is 7.21. The van der Waals surface area contributed by atoms with E-state index in [1.807, 2.05) is 25.1 Å². The van der Waals surface area contributed by atoms with Crippen LogP contribution in [0.2, 0.25) is 0 Å². The third-order valence-corrected chi connectivity index (χ3v) is 7.92. The van der Waals surface area contributed by atoms with E-state index in [4.69, 9.17) is 4.74 Å². The molecule has 0 aliphatic carbocycles. The van der Waals surface area contributed by atoms with E-state index in [2.05, 4.69) is 4.98 Å². The summed E-state index contributed by atoms with van der Waals surface area (Å²) in [5.74, 6) is 1.19. The van der Waals surface area contributed by atoms with Crippen molar-refractivity contribution in [3.63, 3.8) is 0 Å². The van der Waals surface area contributed by atoms with E-state index in [9.17, 15) is 14.7 Å². The number of thiophene rings is 2. The van der Waals surface area contributed by atoms with Gasteiger partial charge in [-0.25, -0.2) is 0 Å². The smallest absolute Gasteiger partial charge is 0.264 e. The Hall–Kier alpha value is -3.01. The van der Waals surface area contributed by atoms with Crippen LogP contribution in [0.5, 0.6) is 11.5 Å². The molecule has 1 N–H and O–H groups in total. The van der Waals surface area contributed by atoms with Crippen LogP contribution in [-0.4, -0.2) is 65.0 Å². The third kappa shape index (κ3) is 3.96. The van der Waals surface area contributed by atoms with Crippen LogP contribution in [0, 0.1) is 6.92 Å². The average Bonchev–Trinajstić information content (AvgIpc) is 3.49. The number of ether oxygens (including phenoxy) is 1. The number of rotatable bonds is 4. The number of pyridine rings is 1. The van der Waals surface area contributed by atoms with Gasteiger partial charge in [-0.05, 0) is 37.6 Å². The second-order valence-electron chi connectivity index (χ2n) is 8.32. The lowest BCUT2D eigenvalue weighted by Gasteiger charge is -2.13. The van der Waals surface area contributed by atoms with Gasteiger partial charge in [0.2, 0.25) is 0 Å². The minimum Gasteiger partial charge on any atom is -0.456 e. The molecular formula is C24H23N3O4S2. The predicted molar refractivity (Wildman–Crippen MR) is 131 cm³/mol. The number of nitrogens with zero attached hydrogens (tertiary/aromatic N) is 3. The summed E-state index contributed by atoms with van der Waals surface area (Å²) in [6, 6.07) is 9.29. The summed E-state index contributed by atoms with van der Waals surface area (Å²) >= 11 is 2.92. The number of β-amino-alcohol motifs (C(OH)–C–C–N with tert-alkyl or cyclic N) is 1. The summed E-state index contributed by atoms with van der Waals surface area (Å²) in [5, 5.41) is 10.7. The van der Waals surface area contributed by atoms with Crippen molar-refractivity contribution in [1.82, 2.24) is 14.8 Å². The molecule has 4 aromatic rings. The van der Waals surface area contributed by atoms with E-state index in [1.54, 1.807) is 53.6 Å². The van der Waals surface area contributed by atoms with Gasteiger partial charge >= 0.3 is 0 Å². The zero-order valence-corrected chi connectivity index (χ0v) is 20.1. The minimum atomic E-state index is -0.454. The number of aromatic nitrogens is 1. The fourth-order valence-corrected chi connectivity index (χ4v) is 6.18. The fraction of sp³-hybridized carbons (Fsp3) is 0.292. The molecule has 1 aliphatic heterocycles. The summed E-state index contributed by atoms with van der Waals surface area (Å²) in [6.45, 7) is 2.88. The maximum atomic E-state index is 12.8. The number of carbonyl (C=O) groups excluding carboxylic acids is 2. The Labute approximate surface area is 198 Å². The third-order valence-electron chi connectivity index (χ3n) is 5.72. The maximum absolute atomic E-state index is 12.8. The first kappa shape index (κ1) is 21.8. The van der Waals surface area contributed by atoms with Gasteiger partial charge in [0.25, 0.3) is 11.8 Å². The zero-order valence-electron chi connectivity index (χ0n) is 18.5. The van der Waals surface area contributed by atoms with Gasteiger partial charge < -0.3 is 19.6 Å². The number of hydrogen-bond acceptors (Lipinski definition) is 7. The monoisotopic (exact) mass is 481 g/mol. The van der Waals surface area contributed by atoms with Gasteiger partial charge in [0, 0.05) is 54.4 Å². The molecule has 0 bridgehead atoms. The van der Waals surface area contributed by atoms with E-state index in [0.29, 0.717) is 41.4 Å². The maximum Gasteiger partial charge on any atom is 0.264 e. The Morgan fingerprint density at radius 2 is 2.03 bits per heavy atom. The van der Waals surface area contributed by atoms with Gasteiger partial charge in [0.1, 0.15) is 11.5 Å². The number of aryl methyl sites for hydroxylation is 1. The lowest BCUT2D eigenvalue weighted by Crippen LogP contribution is -2.28. The molecule has 170 valence electrons. The topological polar surface area (TPSA) is 83.0 Å². The van der Waals surface area contributed by atoms with Crippen molar-refractivity contribution in [1.29, 1.82) is 0 Å². The number of likely N-dealkylation sites (tertiary alicyclic amines) is 1. The number of aliphatic hydroxyl groups is 1. The van der Waals surface area contributed by atoms with Crippen molar-refractivity contribution in [2.45, 2.75) is 19.4 Å². The largest absolute Gasteiger partial charge is 0.456 e. The van der Waals surface area contributed by atoms with Gasteiger partial charge in [0.15, 0.2) is 0 Å². The van der Waals surface area contributed by atoms with Crippen LogP contribution in [0.1, 0.15) is 31.3 Å². The molecule has 9 heteroatoms. The van der Waals surface area contributed by atoms with Crippen LogP contribution in [0.15, 0.2) is 36.5 Å². The molecule has 2 amide bonds. The molecular weight excluding hydrogens is 458 g/mol. The number of fused-ring (bicyclic) bond motifs is 2. The molecule has 0 spiro atoms. The first-order chi connectivity index (χ1) is 15.8. The predicted octanol–water partition coefficient (Wildman–Crippen LogP) is 4.52. The molecule has 33 heavy (non-hydrogen) atoms. The zero-order chi connectivity index (χ0) is 23.3. The number of amides is 2. The number of benzene rings is 1. The van der Waals surface area contributed by atoms with E-state index in [1.165, 1.54) is 11.3 Å². The summed E-state index contributed by atoms with van der Waals surface area (Å²) in [5.41, 5.74) is 1.43. The van der Waals surface area contributed by atoms with Crippen LogP contribution >= 0.6 is 22.7 Å². The molecule has 0 radical (unpaired) electrons. The summed E-state index contributed by atoms with van der Waals surface area (Å²) in [4.78, 5) is 34.6. The van der Waals surface area contributed by atoms with E-state index < -0.39 is 6.10 Å². The van der Waals surface area contributed by atoms with Gasteiger partial charge in [-0.15, -0.1) is 22.7 Å². The van der Waals surface area contributed by atoms with Crippen molar-refractivity contribution in [2.24, 2.45) is 0 Å². The SMILES string of the molecule is Cc1sc2cc(Oc3ccnc4cc(C(=O)N5CC[C@@H](O)C5)sc34)ccc2c1C(=O)N(C)C. The van der Waals surface area contributed by atoms with E-state index in [-0.39, 0.29) is 11.8 Å². The van der Waals surface area contributed by atoms with Crippen molar-refractivity contribution in [2.75, 3.05) is 27.2 Å². The molecule has 4 heterocycles. The second-order valence-corrected chi connectivity index (χ2v) is 10.6. The Balaban J connectivity index is 1.46. The van der Waals surface area contributed by atoms with E-state index in [0.717, 1.165) is 25.2 Å². The van der Waals surface area contributed by atoms with Gasteiger partial charge in [-0.1, -0.05) is 0 Å². The molecule has 1 aromatic carbocycles. The van der Waals surface area contributed by atoms with Gasteiger partial charge in [0.05, 0.1) is 26.8 Å². The number of carbonyl (C=O) groups is 2. The van der Waals surface area contributed by atoms with Crippen LogP contribution in [0.4, 0.5) is 0 Å². The highest BCUT2D eigenvalue weighted by atomic mass is 32.1. The Morgan fingerprint density at radius 1 is 1.21 bits per heavy atom. The van der Waals surface area contributed by atoms with Crippen LogP contribution in [0.25, 0.3) is 20.3 Å². The van der Waals surface area contributed by atoms with Crippen LogP contribution in [-0.2, 0) is 0 Å². The molecule has 1 atom stereocenters. The fourth-order valence-electron chi connectivity index (χ4n) is 4.06. The molecule has 1 fully saturated rings. The van der Waals surface area contributed by atoms with Gasteiger partial charge in [-0.3, -0.25) is 14.6 Å². The molecule has 0 unspecified atom stereocenters. The van der Waals surface area contributed by atoms with Crippen molar-refractivity contribution in [3.05, 3.63) is 51.8 Å². The Morgan fingerprint density at radius 3 is 2.76 bits per heavy atom. The van der Waals surface area contributed by atoms with Crippen molar-refractivity contribution >= 4 is 54.8 Å².